The zero-order valence-corrected chi connectivity index (χ0v) is 13.8. The predicted molar refractivity (Wildman–Crippen MR) is 86.2 cm³/mol. The number of imidazole rings is 1. The second kappa shape index (κ2) is 7.79. The third-order valence-electron chi connectivity index (χ3n) is 5.15. The molecule has 0 saturated carbocycles. The van der Waals surface area contributed by atoms with E-state index in [1.54, 1.807) is 12.5 Å². The Hall–Kier alpha value is -1.89. The molecule has 0 bridgehead atoms. The number of ether oxygens (including phenoxy) is 1. The van der Waals surface area contributed by atoms with E-state index in [9.17, 15) is 9.59 Å². The number of rotatable bonds is 6. The molecular weight excluding hydrogens is 310 g/mol. The Balaban J connectivity index is 1.50. The Morgan fingerprint density at radius 2 is 2.04 bits per heavy atom. The Bertz CT molecular complexity index is 552. The standard InChI is InChI=1S/C17H25N3O4/c21-15(22)2-1-13-3-7-20(8-4-13)17(23)16-14(5-10-24-16)11-19-9-6-18-12-19/h6,9,12-14,16H,1-5,7-8,10-11H2,(H,21,22)/t14-,16-/m1/s1. The minimum Gasteiger partial charge on any atom is -0.481 e. The average molecular weight is 335 g/mol. The molecule has 1 amide bonds. The highest BCUT2D eigenvalue weighted by Crippen LogP contribution is 2.27. The van der Waals surface area contributed by atoms with Crippen LogP contribution < -0.4 is 0 Å². The van der Waals surface area contributed by atoms with Gasteiger partial charge in [0.05, 0.1) is 6.33 Å². The van der Waals surface area contributed by atoms with Crippen LogP contribution in [0.15, 0.2) is 18.7 Å². The Morgan fingerprint density at radius 1 is 1.25 bits per heavy atom. The molecule has 0 aliphatic carbocycles. The van der Waals surface area contributed by atoms with Crippen LogP contribution in [0.3, 0.4) is 0 Å². The maximum absolute atomic E-state index is 12.8. The van der Waals surface area contributed by atoms with E-state index in [4.69, 9.17) is 9.84 Å². The molecule has 1 aromatic rings. The van der Waals surface area contributed by atoms with E-state index < -0.39 is 5.97 Å². The van der Waals surface area contributed by atoms with E-state index in [2.05, 4.69) is 4.98 Å². The van der Waals surface area contributed by atoms with Crippen LogP contribution in [0.25, 0.3) is 0 Å². The topological polar surface area (TPSA) is 84.7 Å². The fourth-order valence-electron chi connectivity index (χ4n) is 3.71. The summed E-state index contributed by atoms with van der Waals surface area (Å²) >= 11 is 0. The normalized spacial score (nSPS) is 25.1. The van der Waals surface area contributed by atoms with Crippen LogP contribution in [0.2, 0.25) is 0 Å². The monoisotopic (exact) mass is 335 g/mol. The predicted octanol–water partition coefficient (Wildman–Crippen LogP) is 1.39. The molecule has 7 nitrogen and oxygen atoms in total. The zero-order chi connectivity index (χ0) is 16.9. The number of aromatic nitrogens is 2. The van der Waals surface area contributed by atoms with Gasteiger partial charge in [-0.05, 0) is 31.6 Å². The van der Waals surface area contributed by atoms with Crippen LogP contribution in [0.4, 0.5) is 0 Å². The second-order valence-corrected chi connectivity index (χ2v) is 6.80. The average Bonchev–Trinajstić information content (AvgIpc) is 3.25. The van der Waals surface area contributed by atoms with Gasteiger partial charge in [-0.25, -0.2) is 4.98 Å². The molecular formula is C17H25N3O4. The fraction of sp³-hybridized carbons (Fsp3) is 0.706. The lowest BCUT2D eigenvalue weighted by molar-refractivity contribution is -0.145. The van der Waals surface area contributed by atoms with E-state index in [-0.39, 0.29) is 24.3 Å². The summed E-state index contributed by atoms with van der Waals surface area (Å²) in [7, 11) is 0. The molecule has 1 N–H and O–H groups in total. The molecule has 3 heterocycles. The summed E-state index contributed by atoms with van der Waals surface area (Å²) in [5.74, 6) is -0.0441. The lowest BCUT2D eigenvalue weighted by Crippen LogP contribution is -2.46. The summed E-state index contributed by atoms with van der Waals surface area (Å²) in [5.41, 5.74) is 0. The van der Waals surface area contributed by atoms with Gasteiger partial charge in [0.25, 0.3) is 5.91 Å². The van der Waals surface area contributed by atoms with Crippen molar-refractivity contribution in [3.63, 3.8) is 0 Å². The third-order valence-corrected chi connectivity index (χ3v) is 5.15. The highest BCUT2D eigenvalue weighted by molar-refractivity contribution is 5.81. The minimum atomic E-state index is -0.741. The number of carboxylic acids is 1. The van der Waals surface area contributed by atoms with Crippen LogP contribution in [-0.4, -0.2) is 57.2 Å². The van der Waals surface area contributed by atoms with Crippen LogP contribution in [0.1, 0.15) is 32.1 Å². The Kier molecular flexibility index (Phi) is 5.50. The molecule has 0 radical (unpaired) electrons. The number of aliphatic carboxylic acids is 1. The molecule has 24 heavy (non-hydrogen) atoms. The van der Waals surface area contributed by atoms with Gasteiger partial charge < -0.3 is 19.3 Å². The summed E-state index contributed by atoms with van der Waals surface area (Å²) in [5, 5.41) is 8.78. The van der Waals surface area contributed by atoms with Gasteiger partial charge in [0.1, 0.15) is 6.10 Å². The van der Waals surface area contributed by atoms with Gasteiger partial charge >= 0.3 is 5.97 Å². The molecule has 3 rings (SSSR count). The molecule has 2 atom stereocenters. The van der Waals surface area contributed by atoms with Gasteiger partial charge in [-0.1, -0.05) is 0 Å². The van der Waals surface area contributed by atoms with E-state index >= 15 is 0 Å². The van der Waals surface area contributed by atoms with Crippen LogP contribution in [-0.2, 0) is 20.9 Å². The number of carbonyl (C=O) groups excluding carboxylic acids is 1. The molecule has 0 unspecified atom stereocenters. The molecule has 2 aliphatic rings. The van der Waals surface area contributed by atoms with Gasteiger partial charge in [0.2, 0.25) is 0 Å². The van der Waals surface area contributed by atoms with Crippen molar-refractivity contribution in [2.24, 2.45) is 11.8 Å². The van der Waals surface area contributed by atoms with Crippen molar-refractivity contribution >= 4 is 11.9 Å². The van der Waals surface area contributed by atoms with Crippen LogP contribution in [0.5, 0.6) is 0 Å². The highest BCUT2D eigenvalue weighted by atomic mass is 16.5. The summed E-state index contributed by atoms with van der Waals surface area (Å²) in [6, 6.07) is 0. The van der Waals surface area contributed by atoms with Crippen molar-refractivity contribution in [3.8, 4) is 0 Å². The molecule has 0 spiro atoms. The van der Waals surface area contributed by atoms with E-state index in [0.717, 1.165) is 25.8 Å². The summed E-state index contributed by atoms with van der Waals surface area (Å²) < 4.78 is 7.73. The Morgan fingerprint density at radius 3 is 2.71 bits per heavy atom. The zero-order valence-electron chi connectivity index (χ0n) is 13.8. The van der Waals surface area contributed by atoms with Gasteiger partial charge in [-0.15, -0.1) is 0 Å². The maximum atomic E-state index is 12.8. The van der Waals surface area contributed by atoms with Gasteiger partial charge in [0.15, 0.2) is 0 Å². The Labute approximate surface area is 141 Å². The van der Waals surface area contributed by atoms with Crippen molar-refractivity contribution in [2.45, 2.75) is 44.8 Å². The maximum Gasteiger partial charge on any atom is 0.303 e. The molecule has 2 saturated heterocycles. The largest absolute Gasteiger partial charge is 0.481 e. The third kappa shape index (κ3) is 4.14. The number of amides is 1. The second-order valence-electron chi connectivity index (χ2n) is 6.80. The lowest BCUT2D eigenvalue weighted by Gasteiger charge is -2.34. The van der Waals surface area contributed by atoms with E-state index in [1.165, 1.54) is 0 Å². The molecule has 0 aromatic carbocycles. The van der Waals surface area contributed by atoms with Crippen molar-refractivity contribution in [3.05, 3.63) is 18.7 Å². The van der Waals surface area contributed by atoms with Crippen LogP contribution in [0, 0.1) is 11.8 Å². The minimum absolute atomic E-state index is 0.0919. The number of carbonyl (C=O) groups is 2. The van der Waals surface area contributed by atoms with Crippen LogP contribution >= 0.6 is 0 Å². The van der Waals surface area contributed by atoms with Crippen molar-refractivity contribution in [1.29, 1.82) is 0 Å². The summed E-state index contributed by atoms with van der Waals surface area (Å²) in [6.07, 6.45) is 8.66. The number of hydrogen-bond donors (Lipinski definition) is 1. The van der Waals surface area contributed by atoms with Gasteiger partial charge in [-0.3, -0.25) is 9.59 Å². The van der Waals surface area contributed by atoms with E-state index in [1.807, 2.05) is 15.7 Å². The number of carboxylic acid groups (broad SMARTS) is 1. The summed E-state index contributed by atoms with van der Waals surface area (Å²) in [6.45, 7) is 2.80. The fourth-order valence-corrected chi connectivity index (χ4v) is 3.71. The first-order valence-corrected chi connectivity index (χ1v) is 8.71. The first-order valence-electron chi connectivity index (χ1n) is 8.71. The van der Waals surface area contributed by atoms with Crippen molar-refractivity contribution in [2.75, 3.05) is 19.7 Å². The lowest BCUT2D eigenvalue weighted by atomic mass is 9.91. The smallest absolute Gasteiger partial charge is 0.303 e. The first-order chi connectivity index (χ1) is 11.6. The summed E-state index contributed by atoms with van der Waals surface area (Å²) in [4.78, 5) is 29.4. The van der Waals surface area contributed by atoms with Crippen molar-refractivity contribution < 1.29 is 19.4 Å². The number of piperidine rings is 1. The number of nitrogens with zero attached hydrogens (tertiary/aromatic N) is 3. The molecule has 132 valence electrons. The number of hydrogen-bond acceptors (Lipinski definition) is 4. The molecule has 7 heteroatoms. The van der Waals surface area contributed by atoms with Gasteiger partial charge in [-0.2, -0.15) is 0 Å². The van der Waals surface area contributed by atoms with Crippen molar-refractivity contribution in [1.82, 2.24) is 14.5 Å². The van der Waals surface area contributed by atoms with Gasteiger partial charge in [0, 0.05) is 51.0 Å². The highest BCUT2D eigenvalue weighted by Gasteiger charge is 2.37. The molecule has 1 aromatic heterocycles. The molecule has 2 fully saturated rings. The molecule has 2 aliphatic heterocycles. The quantitative estimate of drug-likeness (QED) is 0.849. The van der Waals surface area contributed by atoms with E-state index in [0.29, 0.717) is 32.0 Å². The SMILES string of the molecule is O=C(O)CCC1CCN(C(=O)[C@@H]2OCC[C@@H]2Cn2ccnc2)CC1. The first kappa shape index (κ1) is 17.0. The number of likely N-dealkylation sites (tertiary alicyclic amines) is 1.